The molecule has 19 heavy (non-hydrogen) atoms. The smallest absolute Gasteiger partial charge is 0.150 e. The van der Waals surface area contributed by atoms with E-state index in [0.29, 0.717) is 12.0 Å². The molecule has 0 fully saturated rings. The summed E-state index contributed by atoms with van der Waals surface area (Å²) in [5, 5.41) is 0. The van der Waals surface area contributed by atoms with Crippen molar-refractivity contribution in [1.82, 2.24) is 0 Å². The van der Waals surface area contributed by atoms with Crippen LogP contribution in [0.25, 0.3) is 0 Å². The molecule has 0 amide bonds. The summed E-state index contributed by atoms with van der Waals surface area (Å²) >= 11 is 0. The van der Waals surface area contributed by atoms with Gasteiger partial charge in [-0.15, -0.1) is 0 Å². The number of aldehydes is 1. The summed E-state index contributed by atoms with van der Waals surface area (Å²) in [6.07, 6.45) is 3.23. The van der Waals surface area contributed by atoms with Gasteiger partial charge >= 0.3 is 0 Å². The van der Waals surface area contributed by atoms with Crippen LogP contribution in [0.3, 0.4) is 0 Å². The largest absolute Gasteiger partial charge is 0.368 e. The van der Waals surface area contributed by atoms with Crippen LogP contribution in [0.5, 0.6) is 0 Å². The summed E-state index contributed by atoms with van der Waals surface area (Å²) < 4.78 is 0. The summed E-state index contributed by atoms with van der Waals surface area (Å²) in [5.41, 5.74) is 3.09. The Hall–Kier alpha value is -1.31. The fourth-order valence-corrected chi connectivity index (χ4v) is 2.56. The van der Waals surface area contributed by atoms with Crippen LogP contribution >= 0.6 is 0 Å². The number of hydrogen-bond donors (Lipinski definition) is 0. The molecule has 0 aliphatic rings. The number of aryl methyl sites for hydroxylation is 1. The minimum Gasteiger partial charge on any atom is -0.368 e. The van der Waals surface area contributed by atoms with Gasteiger partial charge < -0.3 is 4.90 Å². The predicted octanol–water partition coefficient (Wildman–Crippen LogP) is 4.46. The van der Waals surface area contributed by atoms with Crippen LogP contribution in [0.1, 0.15) is 56.5 Å². The average molecular weight is 261 g/mol. The van der Waals surface area contributed by atoms with E-state index in [4.69, 9.17) is 0 Å². The second kappa shape index (κ2) is 7.32. The maximum absolute atomic E-state index is 10.9. The molecule has 0 atom stereocenters. The monoisotopic (exact) mass is 261 g/mol. The van der Waals surface area contributed by atoms with E-state index in [2.05, 4.69) is 44.7 Å². The normalized spacial score (nSPS) is 11.1. The summed E-state index contributed by atoms with van der Waals surface area (Å²) in [4.78, 5) is 13.4. The first-order valence-electron chi connectivity index (χ1n) is 7.35. The maximum atomic E-state index is 10.9. The minimum atomic E-state index is 0.573. The van der Waals surface area contributed by atoms with Crippen LogP contribution < -0.4 is 4.90 Å². The molecule has 0 heterocycles. The van der Waals surface area contributed by atoms with Crippen LogP contribution in [0.15, 0.2) is 18.2 Å². The van der Waals surface area contributed by atoms with Gasteiger partial charge in [0.2, 0.25) is 0 Å². The van der Waals surface area contributed by atoms with E-state index < -0.39 is 0 Å². The van der Waals surface area contributed by atoms with Crippen LogP contribution in [0, 0.1) is 12.8 Å². The Labute approximate surface area is 117 Å². The third-order valence-corrected chi connectivity index (χ3v) is 3.66. The summed E-state index contributed by atoms with van der Waals surface area (Å²) in [5.74, 6) is 0.631. The van der Waals surface area contributed by atoms with Crippen molar-refractivity contribution in [3.8, 4) is 0 Å². The molecule has 0 radical (unpaired) electrons. The van der Waals surface area contributed by atoms with Crippen LogP contribution in [0.4, 0.5) is 5.69 Å². The third-order valence-electron chi connectivity index (χ3n) is 3.66. The van der Waals surface area contributed by atoms with Crippen LogP contribution in [-0.4, -0.2) is 18.9 Å². The molecule has 0 saturated heterocycles. The SMILES string of the molecule is CCC(CC)N(CC(C)C)c1ccc(C=O)c(C)c1. The molecule has 1 aromatic carbocycles. The van der Waals surface area contributed by atoms with E-state index in [1.54, 1.807) is 0 Å². The van der Waals surface area contributed by atoms with Gasteiger partial charge in [-0.3, -0.25) is 4.79 Å². The molecule has 1 aromatic rings. The van der Waals surface area contributed by atoms with Crippen molar-refractivity contribution in [2.45, 2.75) is 53.5 Å². The molecule has 0 aromatic heterocycles. The van der Waals surface area contributed by atoms with E-state index in [-0.39, 0.29) is 0 Å². The van der Waals surface area contributed by atoms with Crippen molar-refractivity contribution < 1.29 is 4.79 Å². The first kappa shape index (κ1) is 15.7. The van der Waals surface area contributed by atoms with Crippen LogP contribution in [-0.2, 0) is 0 Å². The Kier molecular flexibility index (Phi) is 6.07. The second-order valence-electron chi connectivity index (χ2n) is 5.68. The fraction of sp³-hybridized carbons (Fsp3) is 0.588. The quantitative estimate of drug-likeness (QED) is 0.675. The number of rotatable bonds is 7. The molecule has 0 unspecified atom stereocenters. The van der Waals surface area contributed by atoms with Gasteiger partial charge in [0, 0.05) is 23.8 Å². The molecule has 0 N–H and O–H groups in total. The zero-order valence-corrected chi connectivity index (χ0v) is 12.9. The van der Waals surface area contributed by atoms with Gasteiger partial charge in [0.15, 0.2) is 0 Å². The van der Waals surface area contributed by atoms with Crippen molar-refractivity contribution in [3.05, 3.63) is 29.3 Å². The molecule has 0 spiro atoms. The Morgan fingerprint density at radius 2 is 1.84 bits per heavy atom. The molecule has 2 nitrogen and oxygen atoms in total. The molecular formula is C17H27NO. The van der Waals surface area contributed by atoms with Gasteiger partial charge in [-0.2, -0.15) is 0 Å². The lowest BCUT2D eigenvalue weighted by atomic mass is 10.0. The van der Waals surface area contributed by atoms with Gasteiger partial charge in [-0.25, -0.2) is 0 Å². The standard InChI is InChI=1S/C17H27NO/c1-6-16(7-2)18(11-13(3)4)17-9-8-15(12-19)14(5)10-17/h8-10,12-13,16H,6-7,11H2,1-5H3. The Morgan fingerprint density at radius 1 is 1.21 bits per heavy atom. The molecule has 0 aliphatic heterocycles. The van der Waals surface area contributed by atoms with Crippen molar-refractivity contribution in [2.75, 3.05) is 11.4 Å². The van der Waals surface area contributed by atoms with E-state index in [0.717, 1.165) is 36.8 Å². The molecule has 106 valence electrons. The van der Waals surface area contributed by atoms with E-state index in [9.17, 15) is 4.79 Å². The number of nitrogens with zero attached hydrogens (tertiary/aromatic N) is 1. The molecule has 0 saturated carbocycles. The van der Waals surface area contributed by atoms with Crippen molar-refractivity contribution in [3.63, 3.8) is 0 Å². The Morgan fingerprint density at radius 3 is 2.26 bits per heavy atom. The lowest BCUT2D eigenvalue weighted by Gasteiger charge is -2.34. The van der Waals surface area contributed by atoms with Gasteiger partial charge in [0.05, 0.1) is 0 Å². The van der Waals surface area contributed by atoms with Crippen molar-refractivity contribution in [1.29, 1.82) is 0 Å². The maximum Gasteiger partial charge on any atom is 0.150 e. The number of carbonyl (C=O) groups is 1. The Bertz CT molecular complexity index is 408. The Balaban J connectivity index is 3.09. The number of benzene rings is 1. The molecule has 0 aliphatic carbocycles. The lowest BCUT2D eigenvalue weighted by Crippen LogP contribution is -2.37. The average Bonchev–Trinajstić information content (AvgIpc) is 2.38. The predicted molar refractivity (Wildman–Crippen MR) is 83.1 cm³/mol. The molecule has 0 bridgehead atoms. The highest BCUT2D eigenvalue weighted by Crippen LogP contribution is 2.24. The minimum absolute atomic E-state index is 0.573. The van der Waals surface area contributed by atoms with Crippen molar-refractivity contribution in [2.24, 2.45) is 5.92 Å². The van der Waals surface area contributed by atoms with Crippen LogP contribution in [0.2, 0.25) is 0 Å². The topological polar surface area (TPSA) is 20.3 Å². The lowest BCUT2D eigenvalue weighted by molar-refractivity contribution is 0.112. The van der Waals surface area contributed by atoms with Gasteiger partial charge in [-0.1, -0.05) is 27.7 Å². The fourth-order valence-electron chi connectivity index (χ4n) is 2.56. The van der Waals surface area contributed by atoms with Gasteiger partial charge in [0.1, 0.15) is 6.29 Å². The van der Waals surface area contributed by atoms with Gasteiger partial charge in [0.25, 0.3) is 0 Å². The number of carbonyl (C=O) groups excluding carboxylic acids is 1. The first-order chi connectivity index (χ1) is 9.03. The summed E-state index contributed by atoms with van der Waals surface area (Å²) in [7, 11) is 0. The zero-order valence-electron chi connectivity index (χ0n) is 12.9. The highest BCUT2D eigenvalue weighted by molar-refractivity contribution is 5.78. The number of anilines is 1. The molecule has 2 heteroatoms. The third kappa shape index (κ3) is 4.09. The molecular weight excluding hydrogens is 234 g/mol. The highest BCUT2D eigenvalue weighted by Gasteiger charge is 2.17. The van der Waals surface area contributed by atoms with E-state index in [1.807, 2.05) is 13.0 Å². The van der Waals surface area contributed by atoms with E-state index in [1.165, 1.54) is 5.69 Å². The number of hydrogen-bond acceptors (Lipinski definition) is 2. The second-order valence-corrected chi connectivity index (χ2v) is 5.68. The molecule has 1 rings (SSSR count). The highest BCUT2D eigenvalue weighted by atomic mass is 16.1. The summed E-state index contributed by atoms with van der Waals surface area (Å²) in [6, 6.07) is 6.73. The van der Waals surface area contributed by atoms with Gasteiger partial charge in [-0.05, 0) is 49.4 Å². The zero-order chi connectivity index (χ0) is 14.4. The van der Waals surface area contributed by atoms with E-state index >= 15 is 0 Å². The summed E-state index contributed by atoms with van der Waals surface area (Å²) in [6.45, 7) is 12.1. The first-order valence-corrected chi connectivity index (χ1v) is 7.35. The van der Waals surface area contributed by atoms with Crippen molar-refractivity contribution >= 4 is 12.0 Å².